The number of hydrogen-bond acceptors (Lipinski definition) is 5. The van der Waals surface area contributed by atoms with E-state index in [0.717, 1.165) is 58.2 Å². The highest BCUT2D eigenvalue weighted by Gasteiger charge is 2.22. The fourth-order valence-corrected chi connectivity index (χ4v) is 4.51. The Kier molecular flexibility index (Phi) is 7.92. The summed E-state index contributed by atoms with van der Waals surface area (Å²) < 4.78 is 2.79. The Labute approximate surface area is 209 Å². The number of nitrogens with zero attached hydrogens (tertiary/aromatic N) is 5. The van der Waals surface area contributed by atoms with Crippen LogP contribution in [0.4, 0.5) is 0 Å². The van der Waals surface area contributed by atoms with Crippen molar-refractivity contribution in [3.63, 3.8) is 0 Å². The number of imidazole rings is 1. The Morgan fingerprint density at radius 2 is 1.71 bits per heavy atom. The van der Waals surface area contributed by atoms with Crippen LogP contribution in [0.15, 0.2) is 53.3 Å². The topological polar surface area (TPSA) is 98.5 Å². The number of carbonyl (C=O) groups excluding carboxylic acids is 1. The normalized spacial score (nSPS) is 11.2. The molecule has 0 aliphatic carbocycles. The fourth-order valence-electron chi connectivity index (χ4n) is 4.15. The van der Waals surface area contributed by atoms with Crippen molar-refractivity contribution >= 4 is 17.5 Å². The summed E-state index contributed by atoms with van der Waals surface area (Å²) in [6.45, 7) is 4.45. The van der Waals surface area contributed by atoms with E-state index in [1.54, 1.807) is 4.57 Å². The molecule has 0 radical (unpaired) electrons. The predicted octanol–water partition coefficient (Wildman–Crippen LogP) is 5.37. The molecule has 4 aromatic rings. The molecule has 0 aliphatic heterocycles. The van der Waals surface area contributed by atoms with E-state index >= 15 is 0 Å². The maximum Gasteiger partial charge on any atom is 0.336 e. The van der Waals surface area contributed by atoms with E-state index in [2.05, 4.69) is 27.5 Å². The van der Waals surface area contributed by atoms with Gasteiger partial charge in [0.05, 0.1) is 12.2 Å². The fraction of sp³-hybridized carbons (Fsp3) is 0.346. The lowest BCUT2D eigenvalue weighted by atomic mass is 9.98. The molecule has 2 aromatic heterocycles. The number of benzene rings is 2. The first-order valence-electron chi connectivity index (χ1n) is 12.0. The van der Waals surface area contributed by atoms with Crippen LogP contribution in [0.5, 0.6) is 0 Å². The Morgan fingerprint density at radius 3 is 2.37 bits per heavy atom. The van der Waals surface area contributed by atoms with Crippen molar-refractivity contribution in [1.82, 2.24) is 29.8 Å². The minimum atomic E-state index is -0.366. The summed E-state index contributed by atoms with van der Waals surface area (Å²) in [5.74, 6) is 0.354. The van der Waals surface area contributed by atoms with E-state index in [4.69, 9.17) is 11.6 Å². The molecule has 2 heterocycles. The van der Waals surface area contributed by atoms with Gasteiger partial charge in [0, 0.05) is 12.0 Å². The Hall–Kier alpha value is -3.52. The number of aromatic nitrogens is 6. The number of tetrazole rings is 1. The molecule has 0 fully saturated rings. The van der Waals surface area contributed by atoms with Crippen LogP contribution < -0.4 is 5.69 Å². The van der Waals surface area contributed by atoms with Gasteiger partial charge in [-0.15, -0.1) is 5.10 Å². The molecule has 0 unspecified atom stereocenters. The smallest absolute Gasteiger partial charge is 0.290 e. The zero-order chi connectivity index (χ0) is 24.8. The molecule has 0 amide bonds. The van der Waals surface area contributed by atoms with Crippen LogP contribution in [0.1, 0.15) is 62.0 Å². The first-order valence-corrected chi connectivity index (χ1v) is 12.4. The Bertz CT molecular complexity index is 1340. The van der Waals surface area contributed by atoms with E-state index in [0.29, 0.717) is 25.2 Å². The Balaban J connectivity index is 1.65. The molecular formula is C26H29ClN6O2. The third-order valence-electron chi connectivity index (χ3n) is 6.08. The standard InChI is InChI=1S/C26H29ClN6O2/c1-3-5-11-22-24(27)33(23(34)12-6-4-2)26(35)32(22)17-18-13-15-19(16-14-18)20-9-7-8-10-21(20)25-28-30-31-29-25/h7-10,13-16H,3-6,11-12,17H2,1-2H3,(H,28,29,30,31). The molecule has 0 spiro atoms. The second kappa shape index (κ2) is 11.3. The lowest BCUT2D eigenvalue weighted by Gasteiger charge is -2.10. The zero-order valence-corrected chi connectivity index (χ0v) is 20.8. The van der Waals surface area contributed by atoms with Gasteiger partial charge < -0.3 is 0 Å². The predicted molar refractivity (Wildman–Crippen MR) is 137 cm³/mol. The number of unbranched alkanes of at least 4 members (excludes halogenated alkanes) is 2. The zero-order valence-electron chi connectivity index (χ0n) is 20.0. The summed E-state index contributed by atoms with van der Waals surface area (Å²) >= 11 is 6.58. The van der Waals surface area contributed by atoms with Gasteiger partial charge >= 0.3 is 5.69 Å². The largest absolute Gasteiger partial charge is 0.336 e. The average molecular weight is 493 g/mol. The number of carbonyl (C=O) groups is 1. The van der Waals surface area contributed by atoms with Crippen LogP contribution in [0.2, 0.25) is 5.15 Å². The maximum atomic E-state index is 13.2. The summed E-state index contributed by atoms with van der Waals surface area (Å²) in [6, 6.07) is 15.9. The van der Waals surface area contributed by atoms with Gasteiger partial charge in [-0.05, 0) is 46.4 Å². The van der Waals surface area contributed by atoms with E-state index in [9.17, 15) is 9.59 Å². The molecule has 8 nitrogen and oxygen atoms in total. The van der Waals surface area contributed by atoms with E-state index in [1.807, 2.05) is 55.5 Å². The molecule has 182 valence electrons. The highest BCUT2D eigenvalue weighted by atomic mass is 35.5. The number of H-pyrrole nitrogens is 1. The first-order chi connectivity index (χ1) is 17.0. The number of nitrogens with one attached hydrogen (secondary N) is 1. The monoisotopic (exact) mass is 492 g/mol. The van der Waals surface area contributed by atoms with Gasteiger partial charge in [0.15, 0.2) is 5.82 Å². The molecule has 0 aliphatic rings. The van der Waals surface area contributed by atoms with Crippen molar-refractivity contribution in [2.45, 2.75) is 58.9 Å². The minimum absolute atomic E-state index is 0.243. The molecule has 35 heavy (non-hydrogen) atoms. The van der Waals surface area contributed by atoms with Gasteiger partial charge in [0.1, 0.15) is 5.15 Å². The summed E-state index contributed by atoms with van der Waals surface area (Å²) in [5, 5.41) is 14.5. The molecule has 4 rings (SSSR count). The molecule has 0 saturated heterocycles. The van der Waals surface area contributed by atoms with E-state index in [1.165, 1.54) is 0 Å². The van der Waals surface area contributed by atoms with E-state index < -0.39 is 0 Å². The number of rotatable bonds is 10. The van der Waals surface area contributed by atoms with Gasteiger partial charge in [0.25, 0.3) is 0 Å². The van der Waals surface area contributed by atoms with E-state index in [-0.39, 0.29) is 16.8 Å². The van der Waals surface area contributed by atoms with Gasteiger partial charge in [-0.1, -0.05) is 86.8 Å². The molecule has 0 bridgehead atoms. The molecule has 0 atom stereocenters. The average Bonchev–Trinajstić information content (AvgIpc) is 3.49. The van der Waals surface area contributed by atoms with Crippen LogP contribution >= 0.6 is 11.6 Å². The number of hydrogen-bond donors (Lipinski definition) is 1. The third kappa shape index (κ3) is 5.27. The Morgan fingerprint density at radius 1 is 1.00 bits per heavy atom. The first kappa shape index (κ1) is 24.6. The lowest BCUT2D eigenvalue weighted by Crippen LogP contribution is -2.29. The summed E-state index contributed by atoms with van der Waals surface area (Å²) in [6.07, 6.45) is 4.42. The van der Waals surface area contributed by atoms with Crippen LogP contribution in [0, 0.1) is 0 Å². The second-order valence-corrected chi connectivity index (χ2v) is 8.89. The van der Waals surface area contributed by atoms with Gasteiger partial charge in [0.2, 0.25) is 5.91 Å². The van der Waals surface area contributed by atoms with Crippen molar-refractivity contribution < 1.29 is 4.79 Å². The van der Waals surface area contributed by atoms with Gasteiger partial charge in [-0.25, -0.2) is 14.5 Å². The maximum absolute atomic E-state index is 13.2. The van der Waals surface area contributed by atoms with Crippen molar-refractivity contribution in [3.05, 3.63) is 75.4 Å². The van der Waals surface area contributed by atoms with Crippen LogP contribution in [-0.4, -0.2) is 35.7 Å². The highest BCUT2D eigenvalue weighted by molar-refractivity contribution is 6.31. The SMILES string of the molecule is CCCCC(=O)n1c(Cl)c(CCCC)n(Cc2ccc(-c3ccccc3-c3nnn[nH]3)cc2)c1=O. The summed E-state index contributed by atoms with van der Waals surface area (Å²) in [5.41, 5.74) is 4.20. The van der Waals surface area contributed by atoms with Crippen molar-refractivity contribution in [3.8, 4) is 22.5 Å². The summed E-state index contributed by atoms with van der Waals surface area (Å²) in [4.78, 5) is 26.0. The molecule has 1 N–H and O–H groups in total. The quantitative estimate of drug-likeness (QED) is 0.321. The molecule has 9 heteroatoms. The van der Waals surface area contributed by atoms with Crippen molar-refractivity contribution in [2.24, 2.45) is 0 Å². The van der Waals surface area contributed by atoms with Crippen LogP contribution in [-0.2, 0) is 13.0 Å². The van der Waals surface area contributed by atoms with Crippen LogP contribution in [0.3, 0.4) is 0 Å². The van der Waals surface area contributed by atoms with Crippen LogP contribution in [0.25, 0.3) is 22.5 Å². The minimum Gasteiger partial charge on any atom is -0.290 e. The second-order valence-electron chi connectivity index (χ2n) is 8.53. The van der Waals surface area contributed by atoms with Gasteiger partial charge in [-0.2, -0.15) is 0 Å². The molecule has 2 aromatic carbocycles. The van der Waals surface area contributed by atoms with Crippen molar-refractivity contribution in [2.75, 3.05) is 0 Å². The molecule has 0 saturated carbocycles. The number of aromatic amines is 1. The highest BCUT2D eigenvalue weighted by Crippen LogP contribution is 2.30. The molecular weight excluding hydrogens is 464 g/mol. The third-order valence-corrected chi connectivity index (χ3v) is 6.46. The summed E-state index contributed by atoms with van der Waals surface area (Å²) in [7, 11) is 0. The lowest BCUT2D eigenvalue weighted by molar-refractivity contribution is 0.0895. The number of halogens is 1. The van der Waals surface area contributed by atoms with Gasteiger partial charge in [-0.3, -0.25) is 9.36 Å². The van der Waals surface area contributed by atoms with Crippen molar-refractivity contribution in [1.29, 1.82) is 0 Å².